The van der Waals surface area contributed by atoms with E-state index in [9.17, 15) is 18.0 Å². The molecule has 0 fully saturated rings. The van der Waals surface area contributed by atoms with Crippen molar-refractivity contribution in [1.82, 2.24) is 10.2 Å². The first kappa shape index (κ1) is 36.0. The van der Waals surface area contributed by atoms with E-state index in [0.29, 0.717) is 33.3 Å². The summed E-state index contributed by atoms with van der Waals surface area (Å²) in [7, 11) is -4.22. The van der Waals surface area contributed by atoms with Crippen LogP contribution in [-0.2, 0) is 32.6 Å². The van der Waals surface area contributed by atoms with Crippen molar-refractivity contribution in [2.24, 2.45) is 0 Å². The van der Waals surface area contributed by atoms with Gasteiger partial charge in [-0.05, 0) is 75.6 Å². The summed E-state index contributed by atoms with van der Waals surface area (Å²) in [5, 5.41) is 3.69. The third kappa shape index (κ3) is 8.95. The van der Waals surface area contributed by atoms with Gasteiger partial charge in [-0.25, -0.2) is 8.42 Å². The normalized spacial score (nSPS) is 12.7. The van der Waals surface area contributed by atoms with E-state index >= 15 is 0 Å². The molecule has 0 radical (unpaired) electrons. The average Bonchev–Trinajstić information content (AvgIpc) is 3.03. The largest absolute Gasteiger partial charge is 0.352 e. The lowest BCUT2D eigenvalue weighted by atomic mass is 10.0. The van der Waals surface area contributed by atoms with E-state index in [1.54, 1.807) is 36.4 Å². The number of halogens is 2. The number of hydrogen-bond acceptors (Lipinski definition) is 4. The maximum absolute atomic E-state index is 14.7. The molecule has 4 rings (SSSR count). The number of carbonyl (C=O) groups excluding carboxylic acids is 2. The zero-order valence-corrected chi connectivity index (χ0v) is 29.7. The number of amides is 2. The van der Waals surface area contributed by atoms with Crippen LogP contribution >= 0.6 is 23.2 Å². The van der Waals surface area contributed by atoms with Crippen LogP contribution in [0.3, 0.4) is 0 Å². The number of aryl methyl sites for hydroxylation is 3. The molecule has 4 aromatic carbocycles. The smallest absolute Gasteiger partial charge is 0.264 e. The molecule has 10 heteroatoms. The lowest BCUT2D eigenvalue weighted by molar-refractivity contribution is -0.140. The first-order chi connectivity index (χ1) is 22.3. The Morgan fingerprint density at radius 3 is 2.04 bits per heavy atom. The van der Waals surface area contributed by atoms with Gasteiger partial charge in [0.25, 0.3) is 10.0 Å². The number of sulfonamides is 1. The highest BCUT2D eigenvalue weighted by atomic mass is 35.5. The minimum Gasteiger partial charge on any atom is -0.352 e. The van der Waals surface area contributed by atoms with Crippen LogP contribution in [0.5, 0.6) is 0 Å². The molecule has 2 atom stereocenters. The first-order valence-corrected chi connectivity index (χ1v) is 17.7. The van der Waals surface area contributed by atoms with Crippen molar-refractivity contribution >= 4 is 50.7 Å². The highest BCUT2D eigenvalue weighted by Crippen LogP contribution is 2.30. The molecule has 0 bridgehead atoms. The second-order valence-corrected chi connectivity index (χ2v) is 14.5. The number of hydrogen-bond donors (Lipinski definition) is 1. The maximum Gasteiger partial charge on any atom is 0.264 e. The highest BCUT2D eigenvalue weighted by Gasteiger charge is 2.36. The first-order valence-electron chi connectivity index (χ1n) is 15.5. The molecule has 2 amide bonds. The molecule has 0 aliphatic carbocycles. The minimum absolute atomic E-state index is 0.0481. The summed E-state index contributed by atoms with van der Waals surface area (Å²) in [5.41, 5.74) is 4.19. The molecule has 2 unspecified atom stereocenters. The standard InChI is InChI=1S/C37H41Cl2N3O4S/c1-6-28(5)40-37(44)35(22-29-11-8-7-9-12-29)41(23-31-32(38)13-10-14-33(31)39)36(43)24-42(34-20-17-26(3)21-27(34)4)47(45,46)30-18-15-25(2)16-19-30/h7-21,28,35H,6,22-24H2,1-5H3,(H,40,44). The SMILES string of the molecule is CCC(C)NC(=O)C(Cc1ccccc1)N(Cc1c(Cl)cccc1Cl)C(=O)CN(c1ccc(C)cc1C)S(=O)(=O)c1ccc(C)cc1. The molecule has 4 aromatic rings. The van der Waals surface area contributed by atoms with Gasteiger partial charge in [0.05, 0.1) is 10.6 Å². The van der Waals surface area contributed by atoms with Crippen LogP contribution in [0, 0.1) is 20.8 Å². The van der Waals surface area contributed by atoms with Gasteiger partial charge in [0.2, 0.25) is 11.8 Å². The third-order valence-electron chi connectivity index (χ3n) is 8.17. The van der Waals surface area contributed by atoms with E-state index in [4.69, 9.17) is 23.2 Å². The molecular formula is C37H41Cl2N3O4S. The van der Waals surface area contributed by atoms with E-state index in [0.717, 1.165) is 21.0 Å². The number of nitrogens with zero attached hydrogens (tertiary/aromatic N) is 2. The van der Waals surface area contributed by atoms with Crippen molar-refractivity contribution in [1.29, 1.82) is 0 Å². The summed E-state index contributed by atoms with van der Waals surface area (Å²) in [4.78, 5) is 30.2. The predicted molar refractivity (Wildman–Crippen MR) is 190 cm³/mol. The Hall–Kier alpha value is -3.85. The van der Waals surface area contributed by atoms with Crippen molar-refractivity contribution in [3.8, 4) is 0 Å². The van der Waals surface area contributed by atoms with Crippen LogP contribution in [0.2, 0.25) is 10.0 Å². The van der Waals surface area contributed by atoms with Gasteiger partial charge < -0.3 is 10.2 Å². The number of rotatable bonds is 13. The van der Waals surface area contributed by atoms with Crippen LogP contribution in [0.15, 0.2) is 95.9 Å². The number of nitrogens with one attached hydrogen (secondary N) is 1. The fourth-order valence-corrected chi connectivity index (χ4v) is 7.28. The van der Waals surface area contributed by atoms with Crippen LogP contribution in [0.4, 0.5) is 5.69 Å². The summed E-state index contributed by atoms with van der Waals surface area (Å²) in [5.74, 6) is -0.948. The Morgan fingerprint density at radius 2 is 1.45 bits per heavy atom. The summed E-state index contributed by atoms with van der Waals surface area (Å²) < 4.78 is 29.8. The van der Waals surface area contributed by atoms with Crippen LogP contribution in [-0.4, -0.2) is 43.8 Å². The lowest BCUT2D eigenvalue weighted by Gasteiger charge is -2.35. The number of anilines is 1. The van der Waals surface area contributed by atoms with Gasteiger partial charge >= 0.3 is 0 Å². The van der Waals surface area contributed by atoms with Gasteiger partial charge in [-0.2, -0.15) is 0 Å². The van der Waals surface area contributed by atoms with Crippen molar-refractivity contribution < 1.29 is 18.0 Å². The molecule has 0 saturated heterocycles. The molecule has 248 valence electrons. The van der Waals surface area contributed by atoms with Crippen molar-refractivity contribution in [2.45, 2.75) is 71.0 Å². The zero-order valence-electron chi connectivity index (χ0n) is 27.3. The second-order valence-electron chi connectivity index (χ2n) is 11.9. The van der Waals surface area contributed by atoms with Gasteiger partial charge in [0, 0.05) is 34.6 Å². The van der Waals surface area contributed by atoms with E-state index in [1.165, 1.54) is 17.0 Å². The minimum atomic E-state index is -4.22. The molecule has 0 aromatic heterocycles. The Morgan fingerprint density at radius 1 is 0.830 bits per heavy atom. The Labute approximate surface area is 288 Å². The fourth-order valence-electron chi connectivity index (χ4n) is 5.28. The van der Waals surface area contributed by atoms with E-state index in [-0.39, 0.29) is 29.8 Å². The Bertz CT molecular complexity index is 1800. The summed E-state index contributed by atoms with van der Waals surface area (Å²) >= 11 is 13.2. The third-order valence-corrected chi connectivity index (χ3v) is 10.7. The lowest BCUT2D eigenvalue weighted by Crippen LogP contribution is -2.54. The summed E-state index contributed by atoms with van der Waals surface area (Å²) in [6.45, 7) is 8.77. The molecule has 0 aliphatic heterocycles. The topological polar surface area (TPSA) is 86.8 Å². The molecule has 0 aliphatic rings. The molecule has 0 heterocycles. The van der Waals surface area contributed by atoms with Crippen molar-refractivity contribution in [2.75, 3.05) is 10.8 Å². The maximum atomic E-state index is 14.7. The molecule has 7 nitrogen and oxygen atoms in total. The van der Waals surface area contributed by atoms with Gasteiger partial charge in [-0.3, -0.25) is 13.9 Å². The summed E-state index contributed by atoms with van der Waals surface area (Å²) in [6, 6.07) is 25.1. The number of benzene rings is 4. The fraction of sp³-hybridized carbons (Fsp3) is 0.297. The van der Waals surface area contributed by atoms with Crippen molar-refractivity contribution in [3.63, 3.8) is 0 Å². The van der Waals surface area contributed by atoms with Crippen LogP contribution < -0.4 is 9.62 Å². The molecular weight excluding hydrogens is 653 g/mol. The quantitative estimate of drug-likeness (QED) is 0.156. The predicted octanol–water partition coefficient (Wildman–Crippen LogP) is 7.67. The Balaban J connectivity index is 1.87. The molecule has 0 spiro atoms. The average molecular weight is 695 g/mol. The van der Waals surface area contributed by atoms with Crippen molar-refractivity contribution in [3.05, 3.63) is 129 Å². The molecule has 0 saturated carbocycles. The van der Waals surface area contributed by atoms with Gasteiger partial charge in [-0.15, -0.1) is 0 Å². The zero-order chi connectivity index (χ0) is 34.3. The molecule has 1 N–H and O–H groups in total. The monoisotopic (exact) mass is 693 g/mol. The van der Waals surface area contributed by atoms with Crippen LogP contribution in [0.25, 0.3) is 0 Å². The van der Waals surface area contributed by atoms with Gasteiger partial charge in [0.15, 0.2) is 0 Å². The van der Waals surface area contributed by atoms with E-state index in [2.05, 4.69) is 5.32 Å². The van der Waals surface area contributed by atoms with E-state index < -0.39 is 28.5 Å². The van der Waals surface area contributed by atoms with E-state index in [1.807, 2.05) is 77.1 Å². The van der Waals surface area contributed by atoms with Crippen LogP contribution in [0.1, 0.15) is 48.1 Å². The Kier molecular flexibility index (Phi) is 12.1. The van der Waals surface area contributed by atoms with Gasteiger partial charge in [0.1, 0.15) is 12.6 Å². The highest BCUT2D eigenvalue weighted by molar-refractivity contribution is 7.92. The molecule has 47 heavy (non-hydrogen) atoms. The second kappa shape index (κ2) is 15.8. The number of carbonyl (C=O) groups is 2. The van der Waals surface area contributed by atoms with Gasteiger partial charge in [-0.1, -0.05) is 102 Å². The summed E-state index contributed by atoms with van der Waals surface area (Å²) in [6.07, 6.45) is 0.870.